The summed E-state index contributed by atoms with van der Waals surface area (Å²) in [5.41, 5.74) is 0. The van der Waals surface area contributed by atoms with Crippen LogP contribution in [0.4, 0.5) is 0 Å². The van der Waals surface area contributed by atoms with Gasteiger partial charge in [0.2, 0.25) is 0 Å². The molecule has 1 N–H and O–H groups in total. The molecule has 0 spiro atoms. The van der Waals surface area contributed by atoms with Crippen LogP contribution in [-0.4, -0.2) is 18.2 Å². The van der Waals surface area contributed by atoms with E-state index < -0.39 is 0 Å². The molecule has 3 heterocycles. The van der Waals surface area contributed by atoms with E-state index >= 15 is 0 Å². The predicted molar refractivity (Wildman–Crippen MR) is 85.0 cm³/mol. The molecule has 2 nitrogen and oxygen atoms in total. The Morgan fingerprint density at radius 3 is 2.75 bits per heavy atom. The molecule has 0 saturated carbocycles. The van der Waals surface area contributed by atoms with Gasteiger partial charge >= 0.3 is 0 Å². The van der Waals surface area contributed by atoms with Crippen LogP contribution in [0.25, 0.3) is 10.1 Å². The number of ether oxygens (including phenoxy) is 1. The Kier molecular flexibility index (Phi) is 3.37. The molecule has 2 aromatic rings. The van der Waals surface area contributed by atoms with Gasteiger partial charge in [-0.3, -0.25) is 0 Å². The van der Waals surface area contributed by atoms with E-state index in [1.165, 1.54) is 24.0 Å². The van der Waals surface area contributed by atoms with Crippen molar-refractivity contribution < 1.29 is 4.74 Å². The van der Waals surface area contributed by atoms with Gasteiger partial charge in [-0.05, 0) is 49.3 Å². The van der Waals surface area contributed by atoms with Crippen molar-refractivity contribution >= 4 is 33.0 Å². The first-order valence-electron chi connectivity index (χ1n) is 7.38. The van der Waals surface area contributed by atoms with Gasteiger partial charge < -0.3 is 10.1 Å². The third-order valence-corrected chi connectivity index (χ3v) is 5.75. The molecule has 2 fully saturated rings. The molecule has 2 saturated heterocycles. The SMILES string of the molecule is Clc1ccc(OC2CC3CCCC(C2)N3)c2sccc12. The topological polar surface area (TPSA) is 21.3 Å². The smallest absolute Gasteiger partial charge is 0.137 e. The first-order valence-corrected chi connectivity index (χ1v) is 8.64. The van der Waals surface area contributed by atoms with Crippen LogP contribution in [0.15, 0.2) is 23.6 Å². The largest absolute Gasteiger partial charge is 0.489 e. The summed E-state index contributed by atoms with van der Waals surface area (Å²) in [5.74, 6) is 1.00. The minimum atomic E-state index is 0.345. The normalized spacial score (nSPS) is 29.6. The summed E-state index contributed by atoms with van der Waals surface area (Å²) in [6.45, 7) is 0. The van der Waals surface area contributed by atoms with E-state index in [4.69, 9.17) is 16.3 Å². The van der Waals surface area contributed by atoms with Gasteiger partial charge in [0.25, 0.3) is 0 Å². The first kappa shape index (κ1) is 12.9. The van der Waals surface area contributed by atoms with E-state index in [2.05, 4.69) is 16.8 Å². The maximum Gasteiger partial charge on any atom is 0.137 e. The lowest BCUT2D eigenvalue weighted by molar-refractivity contribution is 0.0941. The van der Waals surface area contributed by atoms with Gasteiger partial charge in [0.15, 0.2) is 0 Å². The fourth-order valence-electron chi connectivity index (χ4n) is 3.58. The van der Waals surface area contributed by atoms with Crippen molar-refractivity contribution in [3.05, 3.63) is 28.6 Å². The van der Waals surface area contributed by atoms with Crippen LogP contribution in [0.5, 0.6) is 5.75 Å². The Bertz CT molecular complexity index is 614. The van der Waals surface area contributed by atoms with Crippen molar-refractivity contribution in [1.82, 2.24) is 5.32 Å². The fourth-order valence-corrected chi connectivity index (χ4v) is 4.74. The Hall–Kier alpha value is -0.770. The minimum Gasteiger partial charge on any atom is -0.489 e. The molecule has 1 aromatic carbocycles. The molecule has 2 aliphatic rings. The highest BCUT2D eigenvalue weighted by Crippen LogP contribution is 2.37. The highest BCUT2D eigenvalue weighted by Gasteiger charge is 2.32. The van der Waals surface area contributed by atoms with E-state index in [-0.39, 0.29) is 0 Å². The number of hydrogen-bond acceptors (Lipinski definition) is 3. The summed E-state index contributed by atoms with van der Waals surface area (Å²) in [6, 6.07) is 7.36. The number of fused-ring (bicyclic) bond motifs is 3. The Labute approximate surface area is 128 Å². The monoisotopic (exact) mass is 307 g/mol. The van der Waals surface area contributed by atoms with Crippen LogP contribution in [0, 0.1) is 0 Å². The van der Waals surface area contributed by atoms with Gasteiger partial charge in [0.05, 0.1) is 4.70 Å². The summed E-state index contributed by atoms with van der Waals surface area (Å²) in [4.78, 5) is 0. The number of piperidine rings is 2. The molecule has 20 heavy (non-hydrogen) atoms. The molecule has 4 rings (SSSR count). The number of hydrogen-bond donors (Lipinski definition) is 1. The Balaban J connectivity index is 1.58. The molecule has 2 unspecified atom stereocenters. The highest BCUT2D eigenvalue weighted by molar-refractivity contribution is 7.17. The summed E-state index contributed by atoms with van der Waals surface area (Å²) < 4.78 is 7.51. The quantitative estimate of drug-likeness (QED) is 0.875. The summed E-state index contributed by atoms with van der Waals surface area (Å²) in [6.07, 6.45) is 6.57. The van der Waals surface area contributed by atoms with E-state index in [0.29, 0.717) is 18.2 Å². The van der Waals surface area contributed by atoms with E-state index in [0.717, 1.165) is 29.0 Å². The summed E-state index contributed by atoms with van der Waals surface area (Å²) >= 11 is 7.95. The zero-order valence-electron chi connectivity index (χ0n) is 11.3. The third-order valence-electron chi connectivity index (χ3n) is 4.49. The zero-order valence-corrected chi connectivity index (χ0v) is 12.8. The van der Waals surface area contributed by atoms with E-state index in [1.807, 2.05) is 12.1 Å². The standard InChI is InChI=1S/C16H18ClNOS/c17-14-4-5-15(16-13(14)6-7-20-16)19-12-8-10-2-1-3-11(9-12)18-10/h4-7,10-12,18H,1-3,8-9H2. The molecule has 2 aliphatic heterocycles. The van der Waals surface area contributed by atoms with Gasteiger partial charge in [-0.2, -0.15) is 0 Å². The minimum absolute atomic E-state index is 0.345. The average molecular weight is 308 g/mol. The van der Waals surface area contributed by atoms with Crippen LogP contribution < -0.4 is 10.1 Å². The van der Waals surface area contributed by atoms with Gasteiger partial charge in [0.1, 0.15) is 11.9 Å². The Morgan fingerprint density at radius 1 is 1.15 bits per heavy atom. The Morgan fingerprint density at radius 2 is 1.95 bits per heavy atom. The van der Waals surface area contributed by atoms with Crippen molar-refractivity contribution in [2.75, 3.05) is 0 Å². The summed E-state index contributed by atoms with van der Waals surface area (Å²) in [5, 5.41) is 7.72. The van der Waals surface area contributed by atoms with Gasteiger partial charge in [-0.1, -0.05) is 18.0 Å². The van der Waals surface area contributed by atoms with Crippen LogP contribution >= 0.6 is 22.9 Å². The second-order valence-corrected chi connectivity index (χ2v) is 7.23. The van der Waals surface area contributed by atoms with Crippen molar-refractivity contribution in [2.45, 2.75) is 50.3 Å². The van der Waals surface area contributed by atoms with Gasteiger partial charge in [-0.25, -0.2) is 0 Å². The molecular weight excluding hydrogens is 290 g/mol. The predicted octanol–water partition coefficient (Wildman–Crippen LogP) is 4.61. The first-order chi connectivity index (χ1) is 9.79. The van der Waals surface area contributed by atoms with Crippen LogP contribution in [-0.2, 0) is 0 Å². The second-order valence-electron chi connectivity index (χ2n) is 5.91. The van der Waals surface area contributed by atoms with Gasteiger partial charge in [-0.15, -0.1) is 11.3 Å². The van der Waals surface area contributed by atoms with Crippen molar-refractivity contribution in [1.29, 1.82) is 0 Å². The molecule has 0 amide bonds. The molecular formula is C16H18ClNOS. The van der Waals surface area contributed by atoms with Crippen molar-refractivity contribution in [2.24, 2.45) is 0 Å². The third kappa shape index (κ3) is 2.32. The zero-order chi connectivity index (χ0) is 13.5. The number of nitrogens with one attached hydrogen (secondary N) is 1. The highest BCUT2D eigenvalue weighted by atomic mass is 35.5. The number of rotatable bonds is 2. The lowest BCUT2D eigenvalue weighted by Crippen LogP contribution is -2.51. The maximum absolute atomic E-state index is 6.33. The lowest BCUT2D eigenvalue weighted by Gasteiger charge is -2.40. The summed E-state index contributed by atoms with van der Waals surface area (Å²) in [7, 11) is 0. The molecule has 2 atom stereocenters. The number of thiophene rings is 1. The van der Waals surface area contributed by atoms with Crippen LogP contribution in [0.1, 0.15) is 32.1 Å². The molecule has 106 valence electrons. The molecule has 1 aromatic heterocycles. The van der Waals surface area contributed by atoms with Gasteiger partial charge in [0, 0.05) is 22.5 Å². The lowest BCUT2D eigenvalue weighted by atomic mass is 9.85. The molecule has 4 heteroatoms. The fraction of sp³-hybridized carbons (Fsp3) is 0.500. The van der Waals surface area contributed by atoms with E-state index in [1.54, 1.807) is 11.3 Å². The van der Waals surface area contributed by atoms with Crippen LogP contribution in [0.2, 0.25) is 5.02 Å². The van der Waals surface area contributed by atoms with Crippen LogP contribution in [0.3, 0.4) is 0 Å². The molecule has 0 radical (unpaired) electrons. The molecule has 2 bridgehead atoms. The molecule has 0 aliphatic carbocycles. The second kappa shape index (κ2) is 5.21. The number of halogens is 1. The van der Waals surface area contributed by atoms with Crippen molar-refractivity contribution in [3.8, 4) is 5.75 Å². The van der Waals surface area contributed by atoms with Crippen molar-refractivity contribution in [3.63, 3.8) is 0 Å². The average Bonchev–Trinajstić information content (AvgIpc) is 2.92. The van der Waals surface area contributed by atoms with E-state index in [9.17, 15) is 0 Å². The maximum atomic E-state index is 6.33. The number of benzene rings is 1.